The molecule has 356 valence electrons. The van der Waals surface area contributed by atoms with Crippen molar-refractivity contribution in [3.05, 3.63) is 196 Å². The second-order valence-electron chi connectivity index (χ2n) is 16.8. The molecule has 0 radical (unpaired) electrons. The molecule has 2 aromatic heterocycles. The Hall–Kier alpha value is -7.86. The molecule has 0 saturated carbocycles. The molecule has 0 spiro atoms. The monoisotopic (exact) mass is 932 g/mol. The summed E-state index contributed by atoms with van der Waals surface area (Å²) in [7, 11) is 3.89. The van der Waals surface area contributed by atoms with Gasteiger partial charge in [0.05, 0.1) is 21.2 Å². The Labute approximate surface area is 400 Å². The highest BCUT2D eigenvalue weighted by Crippen LogP contribution is 2.25. The molecule has 0 unspecified atom stereocenters. The highest BCUT2D eigenvalue weighted by Gasteiger charge is 2.27. The number of likely N-dealkylation sites (tertiary alicyclic amines) is 2. The van der Waals surface area contributed by atoms with E-state index in [1.54, 1.807) is 59.6 Å². The van der Waals surface area contributed by atoms with Gasteiger partial charge in [-0.05, 0) is 69.1 Å². The molecule has 2 saturated heterocycles. The van der Waals surface area contributed by atoms with Gasteiger partial charge in [0.15, 0.2) is 0 Å². The minimum atomic E-state index is -0.611. The number of benzene rings is 5. The SMILES string of the molecule is CN(C(=O)n1cnc(-c2cccc([N+](=O)[O-])c2)c1)C1CCN(Cc2ccccc2)CC1.CNC1CCN(Cc2ccccc2)CC1.O=C(Oc1ccccc1)n1cnc(-c2cccc([N+](=O)[O-])c2)c1. The van der Waals surface area contributed by atoms with Crippen LogP contribution in [0.2, 0.25) is 0 Å². The molecular weight excluding hydrogens is 877 g/mol. The van der Waals surface area contributed by atoms with Gasteiger partial charge in [-0.1, -0.05) is 103 Å². The molecule has 2 aliphatic rings. The molecule has 9 rings (SSSR count). The lowest BCUT2D eigenvalue weighted by atomic mass is 10.0. The number of nitrogens with one attached hydrogen (secondary N) is 1. The van der Waals surface area contributed by atoms with E-state index in [9.17, 15) is 29.8 Å². The van der Waals surface area contributed by atoms with Gasteiger partial charge in [0.25, 0.3) is 11.4 Å². The summed E-state index contributed by atoms with van der Waals surface area (Å²) < 4.78 is 7.82. The summed E-state index contributed by atoms with van der Waals surface area (Å²) in [4.78, 5) is 61.0. The number of para-hydroxylation sites is 1. The highest BCUT2D eigenvalue weighted by atomic mass is 16.6. The summed E-state index contributed by atoms with van der Waals surface area (Å²) in [6.45, 7) is 6.37. The maximum Gasteiger partial charge on any atom is 0.424 e. The molecule has 17 heteroatoms. The highest BCUT2D eigenvalue weighted by molar-refractivity contribution is 5.78. The normalized spacial score (nSPS) is 14.3. The zero-order valence-corrected chi connectivity index (χ0v) is 38.7. The molecule has 5 aromatic carbocycles. The summed E-state index contributed by atoms with van der Waals surface area (Å²) in [5.74, 6) is 0.420. The second-order valence-corrected chi connectivity index (χ2v) is 16.8. The van der Waals surface area contributed by atoms with Crippen molar-refractivity contribution in [2.75, 3.05) is 40.3 Å². The third-order valence-electron chi connectivity index (χ3n) is 12.2. The summed E-state index contributed by atoms with van der Waals surface area (Å²) >= 11 is 0. The lowest BCUT2D eigenvalue weighted by Gasteiger charge is -2.36. The van der Waals surface area contributed by atoms with Gasteiger partial charge in [-0.2, -0.15) is 0 Å². The Morgan fingerprint density at radius 3 is 1.57 bits per heavy atom. The Morgan fingerprint density at radius 1 is 0.638 bits per heavy atom. The van der Waals surface area contributed by atoms with Crippen LogP contribution in [0, 0.1) is 20.2 Å². The molecule has 4 heterocycles. The molecule has 69 heavy (non-hydrogen) atoms. The van der Waals surface area contributed by atoms with Crippen molar-refractivity contribution < 1.29 is 24.2 Å². The number of aromatic nitrogens is 4. The number of amides is 1. The molecule has 2 aliphatic heterocycles. The topological polar surface area (TPSA) is 187 Å². The van der Waals surface area contributed by atoms with Crippen LogP contribution in [0.1, 0.15) is 36.8 Å². The largest absolute Gasteiger partial charge is 0.424 e. The van der Waals surface area contributed by atoms with Crippen molar-refractivity contribution in [1.29, 1.82) is 0 Å². The molecule has 0 atom stereocenters. The van der Waals surface area contributed by atoms with Gasteiger partial charge in [0, 0.05) is 93.1 Å². The van der Waals surface area contributed by atoms with Crippen LogP contribution < -0.4 is 10.1 Å². The van der Waals surface area contributed by atoms with Gasteiger partial charge in [0.2, 0.25) is 0 Å². The molecule has 17 nitrogen and oxygen atoms in total. The number of hydrogen-bond donors (Lipinski definition) is 1. The van der Waals surface area contributed by atoms with Gasteiger partial charge >= 0.3 is 12.1 Å². The smallest absolute Gasteiger partial charge is 0.410 e. The number of piperidine rings is 2. The summed E-state index contributed by atoms with van der Waals surface area (Å²) in [5.41, 5.74) is 4.82. The summed E-state index contributed by atoms with van der Waals surface area (Å²) in [6, 6.07) is 42.9. The number of nitrogens with zero attached hydrogens (tertiary/aromatic N) is 9. The van der Waals surface area contributed by atoms with Crippen LogP contribution in [-0.4, -0.2) is 108 Å². The zero-order valence-electron chi connectivity index (χ0n) is 38.7. The van der Waals surface area contributed by atoms with Crippen molar-refractivity contribution in [1.82, 2.24) is 39.1 Å². The average Bonchev–Trinajstić information content (AvgIpc) is 4.10. The molecule has 0 bridgehead atoms. The molecule has 1 N–H and O–H groups in total. The fourth-order valence-corrected chi connectivity index (χ4v) is 8.21. The number of non-ortho nitro benzene ring substituents is 2. The number of imidazole rings is 2. The van der Waals surface area contributed by atoms with Gasteiger partial charge in [-0.15, -0.1) is 0 Å². The van der Waals surface area contributed by atoms with Crippen LogP contribution in [0.3, 0.4) is 0 Å². The van der Waals surface area contributed by atoms with E-state index in [4.69, 9.17) is 4.74 Å². The van der Waals surface area contributed by atoms with Gasteiger partial charge in [-0.3, -0.25) is 34.6 Å². The molecule has 0 aliphatic carbocycles. The van der Waals surface area contributed by atoms with E-state index < -0.39 is 15.9 Å². The van der Waals surface area contributed by atoms with Gasteiger partial charge < -0.3 is 15.0 Å². The van der Waals surface area contributed by atoms with Crippen molar-refractivity contribution >= 4 is 23.5 Å². The first kappa shape index (κ1) is 49.1. The molecule has 1 amide bonds. The van der Waals surface area contributed by atoms with Crippen molar-refractivity contribution in [3.8, 4) is 28.3 Å². The number of carbonyl (C=O) groups excluding carboxylic acids is 2. The molecular formula is C52H56N10O7. The average molecular weight is 933 g/mol. The van der Waals surface area contributed by atoms with E-state index in [-0.39, 0.29) is 23.4 Å². The summed E-state index contributed by atoms with van der Waals surface area (Å²) in [6.07, 6.45) is 9.65. The standard InChI is InChI=1S/C23H25N5O3.C16H11N3O4.C13H20N2/c1-25(20-10-12-26(13-11-20)15-18-6-3-2-4-7-18)23(29)27-16-22(24-17-27)19-8-5-9-21(14-19)28(30)31;20-16(23-14-7-2-1-3-8-14)18-10-15(17-11-18)12-5-4-6-13(9-12)19(21)22;1-14-13-7-9-15(10-8-13)11-12-5-3-2-4-6-12/h2-9,14,16-17,20H,10-13,15H2,1H3;1-11H;2-6,13-14H,7-11H2,1H3. The third-order valence-corrected chi connectivity index (χ3v) is 12.2. The number of carbonyl (C=O) groups is 2. The number of rotatable bonds is 11. The minimum absolute atomic E-state index is 0.00208. The first-order chi connectivity index (χ1) is 33.5. The van der Waals surface area contributed by atoms with Crippen LogP contribution in [0.15, 0.2) is 165 Å². The predicted molar refractivity (Wildman–Crippen MR) is 264 cm³/mol. The van der Waals surface area contributed by atoms with Crippen LogP contribution in [0.25, 0.3) is 22.5 Å². The predicted octanol–water partition coefficient (Wildman–Crippen LogP) is 9.40. The number of hydrogen-bond acceptors (Lipinski definition) is 12. The molecule has 2 fully saturated rings. The maximum atomic E-state index is 13.0. The Balaban J connectivity index is 0.000000163. The van der Waals surface area contributed by atoms with E-state index in [0.29, 0.717) is 28.3 Å². The first-order valence-electron chi connectivity index (χ1n) is 22.8. The Kier molecular flexibility index (Phi) is 17.2. The van der Waals surface area contributed by atoms with Crippen molar-refractivity contribution in [2.24, 2.45) is 0 Å². The fraction of sp³-hybridized carbons (Fsp3) is 0.269. The van der Waals surface area contributed by atoms with E-state index in [1.807, 2.05) is 19.2 Å². The van der Waals surface area contributed by atoms with Crippen LogP contribution >= 0.6 is 0 Å². The number of ether oxygens (including phenoxy) is 1. The molecule has 7 aromatic rings. The zero-order chi connectivity index (χ0) is 48.5. The van der Waals surface area contributed by atoms with Crippen LogP contribution in [0.5, 0.6) is 5.75 Å². The summed E-state index contributed by atoms with van der Waals surface area (Å²) in [5, 5.41) is 25.2. The lowest BCUT2D eigenvalue weighted by Crippen LogP contribution is -2.46. The van der Waals surface area contributed by atoms with Crippen LogP contribution in [0.4, 0.5) is 21.0 Å². The Morgan fingerprint density at radius 2 is 1.09 bits per heavy atom. The number of nitro benzene ring substituents is 2. The van der Waals surface area contributed by atoms with E-state index in [1.165, 1.54) is 89.3 Å². The first-order valence-corrected chi connectivity index (χ1v) is 22.8. The Bertz CT molecular complexity index is 2750. The third kappa shape index (κ3) is 14.1. The number of nitro groups is 2. The lowest BCUT2D eigenvalue weighted by molar-refractivity contribution is -0.385. The fourth-order valence-electron chi connectivity index (χ4n) is 8.21. The van der Waals surface area contributed by atoms with Crippen molar-refractivity contribution in [2.45, 2.75) is 50.9 Å². The van der Waals surface area contributed by atoms with Gasteiger partial charge in [-0.25, -0.2) is 24.1 Å². The van der Waals surface area contributed by atoms with E-state index >= 15 is 0 Å². The second kappa shape index (κ2) is 24.2. The van der Waals surface area contributed by atoms with Crippen molar-refractivity contribution in [3.63, 3.8) is 0 Å². The minimum Gasteiger partial charge on any atom is -0.410 e. The quantitative estimate of drug-likeness (QED) is 0.0958. The van der Waals surface area contributed by atoms with Gasteiger partial charge in [0.1, 0.15) is 18.4 Å². The van der Waals surface area contributed by atoms with E-state index in [0.717, 1.165) is 45.1 Å². The maximum absolute atomic E-state index is 13.0. The van der Waals surface area contributed by atoms with E-state index in [2.05, 4.69) is 86.7 Å². The van der Waals surface area contributed by atoms with Crippen LogP contribution in [-0.2, 0) is 13.1 Å².